The minimum Gasteiger partial charge on any atom is -0.460 e. The van der Waals surface area contributed by atoms with Crippen LogP contribution in [-0.4, -0.2) is 70.5 Å². The third-order valence-electron chi connectivity index (χ3n) is 5.27. The summed E-state index contributed by atoms with van der Waals surface area (Å²) in [5, 5.41) is 5.36. The normalized spacial score (nSPS) is 17.6. The molecule has 1 aliphatic heterocycles. The van der Waals surface area contributed by atoms with Crippen LogP contribution in [0.25, 0.3) is 0 Å². The number of urea groups is 1. The molecule has 200 valence electrons. The third kappa shape index (κ3) is 11.8. The van der Waals surface area contributed by atoms with Crippen LogP contribution in [0.5, 0.6) is 0 Å². The molecule has 0 aromatic rings. The van der Waals surface area contributed by atoms with E-state index in [0.717, 1.165) is 0 Å². The van der Waals surface area contributed by atoms with E-state index in [9.17, 15) is 19.2 Å². The Labute approximate surface area is 213 Å². The first-order valence-electron chi connectivity index (χ1n) is 12.1. The molecule has 1 aliphatic rings. The summed E-state index contributed by atoms with van der Waals surface area (Å²) in [5.74, 6) is 0.495. The highest BCUT2D eigenvalue weighted by atomic mass is 32.2. The molecule has 11 heteroatoms. The fourth-order valence-corrected chi connectivity index (χ4v) is 4.69. The van der Waals surface area contributed by atoms with E-state index in [-0.39, 0.29) is 23.7 Å². The van der Waals surface area contributed by atoms with Crippen LogP contribution < -0.4 is 22.1 Å². The number of primary amides is 1. The molecule has 0 saturated carbocycles. The maximum Gasteiger partial charge on any atom is 0.316 e. The van der Waals surface area contributed by atoms with Gasteiger partial charge in [-0.15, -0.1) is 0 Å². The zero-order chi connectivity index (χ0) is 26.8. The van der Waals surface area contributed by atoms with Gasteiger partial charge in [0.25, 0.3) is 0 Å². The number of hydrogen-bond acceptors (Lipinski definition) is 7. The standard InChI is InChI=1S/C24H43N5O5S/c1-15(2)13-18(16(3)27-23(26)33)28-21(31)19-9-7-11-29(19)22(32)17(25)14-35-12-8-10-20(30)34-24(4,5)6/h15,17-19H,3,7-14,25H2,1-2,4-6H3,(H,28,31)(H3,26,27,33). The van der Waals surface area contributed by atoms with Gasteiger partial charge in [0.1, 0.15) is 11.6 Å². The first kappa shape index (κ1) is 30.8. The number of likely N-dealkylation sites (tertiary alicyclic amines) is 1. The highest BCUT2D eigenvalue weighted by Crippen LogP contribution is 2.21. The Balaban J connectivity index is 2.58. The Morgan fingerprint density at radius 1 is 1.23 bits per heavy atom. The van der Waals surface area contributed by atoms with Crippen LogP contribution >= 0.6 is 11.8 Å². The summed E-state index contributed by atoms with van der Waals surface area (Å²) in [6.45, 7) is 13.8. The lowest BCUT2D eigenvalue weighted by Gasteiger charge is -2.29. The molecular weight excluding hydrogens is 470 g/mol. The Hall–Kier alpha value is -2.27. The van der Waals surface area contributed by atoms with Crippen molar-refractivity contribution in [3.8, 4) is 0 Å². The summed E-state index contributed by atoms with van der Waals surface area (Å²) >= 11 is 1.50. The summed E-state index contributed by atoms with van der Waals surface area (Å²) in [5.41, 5.74) is 11.1. The first-order chi connectivity index (χ1) is 16.2. The van der Waals surface area contributed by atoms with Crippen molar-refractivity contribution < 1.29 is 23.9 Å². The van der Waals surface area contributed by atoms with Crippen LogP contribution in [0.15, 0.2) is 12.3 Å². The van der Waals surface area contributed by atoms with Gasteiger partial charge in [0.05, 0.1) is 12.1 Å². The van der Waals surface area contributed by atoms with Crippen molar-refractivity contribution in [3.63, 3.8) is 0 Å². The number of nitrogens with zero attached hydrogens (tertiary/aromatic N) is 1. The number of nitrogens with two attached hydrogens (primary N) is 2. The first-order valence-corrected chi connectivity index (χ1v) is 13.3. The molecule has 0 aromatic heterocycles. The molecule has 1 rings (SSSR count). The molecular formula is C24H43N5O5S. The van der Waals surface area contributed by atoms with Crippen molar-refractivity contribution in [2.45, 2.75) is 90.4 Å². The van der Waals surface area contributed by atoms with Gasteiger partial charge in [0, 0.05) is 24.4 Å². The molecule has 0 spiro atoms. The van der Waals surface area contributed by atoms with E-state index < -0.39 is 29.8 Å². The second-order valence-electron chi connectivity index (χ2n) is 10.3. The monoisotopic (exact) mass is 513 g/mol. The SMILES string of the molecule is C=C(NC(N)=O)C(CC(C)C)NC(=O)C1CCCN1C(=O)C(N)CSCCCC(=O)OC(C)(C)C. The van der Waals surface area contributed by atoms with Gasteiger partial charge in [-0.3, -0.25) is 14.4 Å². The Bertz CT molecular complexity index is 768. The predicted molar refractivity (Wildman–Crippen MR) is 138 cm³/mol. The number of carbonyl (C=O) groups excluding carboxylic acids is 4. The van der Waals surface area contributed by atoms with Gasteiger partial charge in [0.15, 0.2) is 0 Å². The Kier molecular flexibility index (Phi) is 12.6. The van der Waals surface area contributed by atoms with E-state index in [2.05, 4.69) is 17.2 Å². The summed E-state index contributed by atoms with van der Waals surface area (Å²) in [6.07, 6.45) is 2.75. The molecule has 3 unspecified atom stereocenters. The molecule has 0 aliphatic carbocycles. The molecule has 0 bridgehead atoms. The number of hydrogen-bond donors (Lipinski definition) is 4. The molecule has 10 nitrogen and oxygen atoms in total. The molecule has 1 fully saturated rings. The van der Waals surface area contributed by atoms with E-state index in [1.165, 1.54) is 16.7 Å². The number of nitrogens with one attached hydrogen (secondary N) is 2. The highest BCUT2D eigenvalue weighted by Gasteiger charge is 2.37. The topological polar surface area (TPSA) is 157 Å². The van der Waals surface area contributed by atoms with E-state index in [0.29, 0.717) is 55.9 Å². The van der Waals surface area contributed by atoms with Crippen LogP contribution in [0.1, 0.15) is 66.7 Å². The number of thioether (sulfide) groups is 1. The van der Waals surface area contributed by atoms with Crippen molar-refractivity contribution in [2.24, 2.45) is 17.4 Å². The van der Waals surface area contributed by atoms with Gasteiger partial charge in [-0.1, -0.05) is 20.4 Å². The summed E-state index contributed by atoms with van der Waals surface area (Å²) in [7, 11) is 0. The van der Waals surface area contributed by atoms with Crippen molar-refractivity contribution in [3.05, 3.63) is 12.3 Å². The second-order valence-corrected chi connectivity index (χ2v) is 11.4. The Morgan fingerprint density at radius 2 is 1.89 bits per heavy atom. The van der Waals surface area contributed by atoms with E-state index in [1.54, 1.807) is 0 Å². The average Bonchev–Trinajstić information content (AvgIpc) is 3.20. The molecule has 4 amide bonds. The van der Waals surface area contributed by atoms with Gasteiger partial charge in [-0.2, -0.15) is 11.8 Å². The lowest BCUT2D eigenvalue weighted by Crippen LogP contribution is -2.54. The van der Waals surface area contributed by atoms with Crippen molar-refractivity contribution >= 4 is 35.6 Å². The molecule has 1 heterocycles. The molecule has 3 atom stereocenters. The lowest BCUT2D eigenvalue weighted by atomic mass is 10.0. The van der Waals surface area contributed by atoms with Crippen LogP contribution in [0.4, 0.5) is 4.79 Å². The van der Waals surface area contributed by atoms with Gasteiger partial charge < -0.3 is 31.7 Å². The number of carbonyl (C=O) groups is 4. The van der Waals surface area contributed by atoms with E-state index in [4.69, 9.17) is 16.2 Å². The predicted octanol–water partition coefficient (Wildman–Crippen LogP) is 1.87. The minimum atomic E-state index is -0.745. The van der Waals surface area contributed by atoms with Crippen molar-refractivity contribution in [1.82, 2.24) is 15.5 Å². The lowest BCUT2D eigenvalue weighted by molar-refractivity contribution is -0.154. The van der Waals surface area contributed by atoms with Crippen LogP contribution in [-0.2, 0) is 19.1 Å². The quantitative estimate of drug-likeness (QED) is 0.216. The molecule has 35 heavy (non-hydrogen) atoms. The van der Waals surface area contributed by atoms with Crippen LogP contribution in [0.3, 0.4) is 0 Å². The zero-order valence-electron chi connectivity index (χ0n) is 21.7. The summed E-state index contributed by atoms with van der Waals surface area (Å²) in [6, 6.07) is -2.61. The van der Waals surface area contributed by atoms with E-state index >= 15 is 0 Å². The molecule has 6 N–H and O–H groups in total. The minimum absolute atomic E-state index is 0.230. The number of rotatable bonds is 13. The molecule has 0 radical (unpaired) electrons. The fourth-order valence-electron chi connectivity index (χ4n) is 3.78. The van der Waals surface area contributed by atoms with Gasteiger partial charge in [0.2, 0.25) is 11.8 Å². The van der Waals surface area contributed by atoms with Crippen LogP contribution in [0.2, 0.25) is 0 Å². The largest absolute Gasteiger partial charge is 0.460 e. The molecule has 1 saturated heterocycles. The van der Waals surface area contributed by atoms with Gasteiger partial charge in [-0.25, -0.2) is 4.79 Å². The van der Waals surface area contributed by atoms with Crippen LogP contribution in [0, 0.1) is 5.92 Å². The maximum absolute atomic E-state index is 13.0. The number of amides is 4. The summed E-state index contributed by atoms with van der Waals surface area (Å²) < 4.78 is 5.28. The highest BCUT2D eigenvalue weighted by molar-refractivity contribution is 7.99. The maximum atomic E-state index is 13.0. The zero-order valence-corrected chi connectivity index (χ0v) is 22.5. The smallest absolute Gasteiger partial charge is 0.316 e. The van der Waals surface area contributed by atoms with Gasteiger partial charge in [-0.05, 0) is 58.1 Å². The average molecular weight is 514 g/mol. The fraction of sp³-hybridized carbons (Fsp3) is 0.750. The van der Waals surface area contributed by atoms with Crippen molar-refractivity contribution in [2.75, 3.05) is 18.1 Å². The molecule has 0 aromatic carbocycles. The van der Waals surface area contributed by atoms with Gasteiger partial charge >= 0.3 is 12.0 Å². The van der Waals surface area contributed by atoms with Crippen molar-refractivity contribution in [1.29, 1.82) is 0 Å². The second kappa shape index (κ2) is 14.3. The summed E-state index contributed by atoms with van der Waals surface area (Å²) in [4.78, 5) is 50.6. The Morgan fingerprint density at radius 3 is 2.46 bits per heavy atom. The number of ether oxygens (including phenoxy) is 1. The number of esters is 1. The van der Waals surface area contributed by atoms with E-state index in [1.807, 2.05) is 34.6 Å². The third-order valence-corrected chi connectivity index (χ3v) is 6.44.